The lowest BCUT2D eigenvalue weighted by Crippen LogP contribution is -2.52. The molecule has 1 amide bonds. The smallest absolute Gasteiger partial charge is 0.276 e. The summed E-state index contributed by atoms with van der Waals surface area (Å²) in [6.07, 6.45) is 0. The van der Waals surface area contributed by atoms with Crippen LogP contribution in [0.3, 0.4) is 0 Å². The molecule has 23 heavy (non-hydrogen) atoms. The third-order valence-corrected chi connectivity index (χ3v) is 4.24. The molecule has 2 aliphatic rings. The molecule has 0 aromatic heterocycles. The van der Waals surface area contributed by atoms with Crippen molar-refractivity contribution in [3.8, 4) is 16.9 Å². The Labute approximate surface area is 132 Å². The van der Waals surface area contributed by atoms with E-state index in [0.29, 0.717) is 11.3 Å². The molecule has 2 aromatic carbocycles. The van der Waals surface area contributed by atoms with Gasteiger partial charge in [0.2, 0.25) is 0 Å². The Kier molecular flexibility index (Phi) is 2.72. The number of anilines is 2. The molecule has 0 atom stereocenters. The van der Waals surface area contributed by atoms with E-state index in [2.05, 4.69) is 5.32 Å². The first-order chi connectivity index (χ1) is 10.9. The maximum atomic E-state index is 13.2. The van der Waals surface area contributed by atoms with Crippen molar-refractivity contribution in [2.75, 3.05) is 10.4 Å². The van der Waals surface area contributed by atoms with E-state index < -0.39 is 11.4 Å². The minimum Gasteiger partial charge on any atom is -0.507 e. The highest BCUT2D eigenvalue weighted by Crippen LogP contribution is 2.47. The number of hydrogen-bond acceptors (Lipinski definition) is 4. The van der Waals surface area contributed by atoms with Gasteiger partial charge in [0.05, 0.1) is 5.69 Å². The van der Waals surface area contributed by atoms with Gasteiger partial charge in [0.1, 0.15) is 29.4 Å². The molecule has 0 aliphatic carbocycles. The normalized spacial score (nSPS) is 17.9. The Bertz CT molecular complexity index is 848. The molecule has 4 rings (SSSR count). The van der Waals surface area contributed by atoms with Crippen LogP contribution in [-0.4, -0.2) is 16.6 Å². The number of rotatable bonds is 1. The van der Waals surface area contributed by atoms with Gasteiger partial charge in [0.15, 0.2) is 0 Å². The lowest BCUT2D eigenvalue weighted by atomic mass is 9.93. The summed E-state index contributed by atoms with van der Waals surface area (Å²) in [7, 11) is 0. The number of nitrogens with one attached hydrogen (secondary N) is 1. The van der Waals surface area contributed by atoms with Gasteiger partial charge in [-0.15, -0.1) is 0 Å². The van der Waals surface area contributed by atoms with Crippen LogP contribution in [0.1, 0.15) is 19.4 Å². The van der Waals surface area contributed by atoms with Gasteiger partial charge in [0.25, 0.3) is 5.91 Å². The van der Waals surface area contributed by atoms with Crippen LogP contribution in [0.15, 0.2) is 30.3 Å². The summed E-state index contributed by atoms with van der Waals surface area (Å²) in [4.78, 5) is 18.0. The lowest BCUT2D eigenvalue weighted by molar-refractivity contribution is -0.129. The molecular weight excluding hydrogens is 299 g/mol. The molecule has 2 heterocycles. The molecule has 0 fully saturated rings. The number of phenolic OH excluding ortho intramolecular Hbond substituents is 1. The third-order valence-electron chi connectivity index (χ3n) is 4.24. The second-order valence-corrected chi connectivity index (χ2v) is 6.27. The van der Waals surface area contributed by atoms with E-state index >= 15 is 0 Å². The van der Waals surface area contributed by atoms with Crippen molar-refractivity contribution in [3.63, 3.8) is 0 Å². The number of hydrogen-bond donors (Lipinski definition) is 2. The summed E-state index contributed by atoms with van der Waals surface area (Å²) in [6.45, 7) is 3.80. The number of amides is 1. The number of nitrogens with zero attached hydrogens (tertiary/aromatic N) is 1. The highest BCUT2D eigenvalue weighted by molar-refractivity contribution is 6.08. The fourth-order valence-corrected chi connectivity index (χ4v) is 3.10. The third kappa shape index (κ3) is 1.91. The Morgan fingerprint density at radius 3 is 2.74 bits per heavy atom. The predicted octanol–water partition coefficient (Wildman–Crippen LogP) is 3.18. The van der Waals surface area contributed by atoms with Gasteiger partial charge in [-0.25, -0.2) is 4.39 Å². The largest absolute Gasteiger partial charge is 0.507 e. The Morgan fingerprint density at radius 1 is 1.26 bits per heavy atom. The second-order valence-electron chi connectivity index (χ2n) is 6.27. The summed E-state index contributed by atoms with van der Waals surface area (Å²) >= 11 is 0. The maximum absolute atomic E-state index is 13.2. The molecule has 2 aliphatic heterocycles. The zero-order chi connectivity index (χ0) is 16.4. The number of carbonyl (C=O) groups is 1. The number of carbonyl (C=O) groups excluding carboxylic acids is 1. The Balaban J connectivity index is 1.92. The van der Waals surface area contributed by atoms with Crippen LogP contribution in [0.5, 0.6) is 5.75 Å². The first kappa shape index (κ1) is 14.0. The monoisotopic (exact) mass is 314 g/mol. The van der Waals surface area contributed by atoms with Crippen LogP contribution < -0.4 is 10.4 Å². The van der Waals surface area contributed by atoms with E-state index in [1.165, 1.54) is 17.2 Å². The van der Waals surface area contributed by atoms with Gasteiger partial charge in [-0.05, 0) is 37.6 Å². The molecule has 0 saturated carbocycles. The molecule has 2 N–H and O–H groups in total. The molecule has 118 valence electrons. The van der Waals surface area contributed by atoms with E-state index in [9.17, 15) is 14.3 Å². The van der Waals surface area contributed by atoms with Crippen molar-refractivity contribution >= 4 is 17.3 Å². The standard InChI is InChI=1S/C17H15FN2O3/c1-17(2)16(22)20-15-12(8-23-20)10(5-6-13(15)19-17)11-4-3-9(18)7-14(11)21/h3-7,19,21H,8H2,1-2H3. The van der Waals surface area contributed by atoms with Crippen molar-refractivity contribution in [3.05, 3.63) is 41.7 Å². The van der Waals surface area contributed by atoms with E-state index in [1.807, 2.05) is 12.1 Å². The first-order valence-corrected chi connectivity index (χ1v) is 7.29. The quantitative estimate of drug-likeness (QED) is 0.848. The molecule has 6 heteroatoms. The average Bonchev–Trinajstić information content (AvgIpc) is 2.92. The molecule has 2 aromatic rings. The van der Waals surface area contributed by atoms with Gasteiger partial charge in [0, 0.05) is 17.2 Å². The Hall–Kier alpha value is -2.60. The maximum Gasteiger partial charge on any atom is 0.276 e. The fourth-order valence-electron chi connectivity index (χ4n) is 3.10. The van der Waals surface area contributed by atoms with E-state index in [1.54, 1.807) is 13.8 Å². The summed E-state index contributed by atoms with van der Waals surface area (Å²) < 4.78 is 13.2. The van der Waals surface area contributed by atoms with Gasteiger partial charge in [-0.1, -0.05) is 6.07 Å². The van der Waals surface area contributed by atoms with Gasteiger partial charge in [-0.3, -0.25) is 9.63 Å². The van der Waals surface area contributed by atoms with Crippen molar-refractivity contribution in [1.29, 1.82) is 0 Å². The zero-order valence-electron chi connectivity index (χ0n) is 12.7. The molecule has 0 unspecified atom stereocenters. The minimum atomic E-state index is -0.756. The van der Waals surface area contributed by atoms with Crippen molar-refractivity contribution in [1.82, 2.24) is 0 Å². The van der Waals surface area contributed by atoms with Crippen LogP contribution in [0.25, 0.3) is 11.1 Å². The lowest BCUT2D eigenvalue weighted by Gasteiger charge is -2.36. The number of halogens is 1. The summed E-state index contributed by atoms with van der Waals surface area (Å²) in [5.74, 6) is -0.823. The predicted molar refractivity (Wildman–Crippen MR) is 83.5 cm³/mol. The van der Waals surface area contributed by atoms with Crippen LogP contribution >= 0.6 is 0 Å². The van der Waals surface area contributed by atoms with Gasteiger partial charge in [-0.2, -0.15) is 5.06 Å². The van der Waals surface area contributed by atoms with Gasteiger partial charge >= 0.3 is 0 Å². The van der Waals surface area contributed by atoms with Crippen molar-refractivity contribution < 1.29 is 19.1 Å². The van der Waals surface area contributed by atoms with E-state index in [0.717, 1.165) is 22.9 Å². The number of benzene rings is 2. The molecule has 0 bridgehead atoms. The summed E-state index contributed by atoms with van der Waals surface area (Å²) in [6, 6.07) is 7.57. The highest BCUT2D eigenvalue weighted by Gasteiger charge is 2.44. The number of phenols is 1. The second kappa shape index (κ2) is 4.45. The van der Waals surface area contributed by atoms with Gasteiger partial charge < -0.3 is 10.4 Å². The minimum absolute atomic E-state index is 0.143. The van der Waals surface area contributed by atoms with Crippen molar-refractivity contribution in [2.45, 2.75) is 26.0 Å². The van der Waals surface area contributed by atoms with Crippen LogP contribution in [0, 0.1) is 5.82 Å². The van der Waals surface area contributed by atoms with Crippen molar-refractivity contribution in [2.24, 2.45) is 0 Å². The van der Waals surface area contributed by atoms with Crippen LogP contribution in [-0.2, 0) is 16.2 Å². The SMILES string of the molecule is CC1(C)Nc2ccc(-c3ccc(F)cc3O)c3c2N(OC3)C1=O. The molecule has 0 spiro atoms. The van der Waals surface area contributed by atoms with E-state index in [-0.39, 0.29) is 18.3 Å². The first-order valence-electron chi connectivity index (χ1n) is 7.29. The molecule has 5 nitrogen and oxygen atoms in total. The fraction of sp³-hybridized carbons (Fsp3) is 0.235. The zero-order valence-corrected chi connectivity index (χ0v) is 12.7. The molecule has 0 saturated heterocycles. The topological polar surface area (TPSA) is 61.8 Å². The summed E-state index contributed by atoms with van der Waals surface area (Å²) in [5, 5.41) is 14.6. The molecular formula is C17H15FN2O3. The Morgan fingerprint density at radius 2 is 2.00 bits per heavy atom. The highest BCUT2D eigenvalue weighted by atomic mass is 19.1. The van der Waals surface area contributed by atoms with E-state index in [4.69, 9.17) is 4.84 Å². The number of aromatic hydroxyl groups is 1. The summed E-state index contributed by atoms with van der Waals surface area (Å²) in [5.41, 5.74) is 2.72. The average molecular weight is 314 g/mol. The number of hydroxylamine groups is 1. The molecule has 0 radical (unpaired) electrons. The van der Waals surface area contributed by atoms with Crippen LogP contribution in [0.2, 0.25) is 0 Å². The van der Waals surface area contributed by atoms with Crippen LogP contribution in [0.4, 0.5) is 15.8 Å².